The molecule has 2 aromatic carbocycles. The summed E-state index contributed by atoms with van der Waals surface area (Å²) in [5.74, 6) is -0.734. The number of hydrogen-bond acceptors (Lipinski definition) is 3. The molecule has 0 aliphatic heterocycles. The number of nitriles is 1. The molecule has 2 rings (SSSR count). The number of nitrogens with zero attached hydrogens (tertiary/aromatic N) is 1. The monoisotopic (exact) mass is 344 g/mol. The van der Waals surface area contributed by atoms with Crippen molar-refractivity contribution < 1.29 is 13.9 Å². The van der Waals surface area contributed by atoms with Crippen molar-refractivity contribution in [1.29, 1.82) is 5.26 Å². The second-order valence-corrected chi connectivity index (χ2v) is 5.39. The zero-order chi connectivity index (χ0) is 17.7. The van der Waals surface area contributed by atoms with E-state index in [0.717, 1.165) is 0 Å². The number of rotatable bonds is 5. The van der Waals surface area contributed by atoms with Crippen LogP contribution in [0.25, 0.3) is 6.08 Å². The van der Waals surface area contributed by atoms with Crippen LogP contribution in [-0.4, -0.2) is 13.0 Å². The van der Waals surface area contributed by atoms with E-state index < -0.39 is 5.91 Å². The number of benzene rings is 2. The molecule has 6 heteroatoms. The van der Waals surface area contributed by atoms with Crippen molar-refractivity contribution in [2.45, 2.75) is 6.42 Å². The van der Waals surface area contributed by atoms with Gasteiger partial charge < -0.3 is 10.5 Å². The molecule has 2 aromatic rings. The first-order valence-corrected chi connectivity index (χ1v) is 7.35. The maximum atomic E-state index is 13.8. The van der Waals surface area contributed by atoms with Crippen molar-refractivity contribution >= 4 is 23.6 Å². The lowest BCUT2D eigenvalue weighted by Crippen LogP contribution is -2.12. The van der Waals surface area contributed by atoms with Crippen molar-refractivity contribution in [3.63, 3.8) is 0 Å². The van der Waals surface area contributed by atoms with E-state index in [1.807, 2.05) is 0 Å². The summed E-state index contributed by atoms with van der Waals surface area (Å²) in [6, 6.07) is 11.3. The predicted molar refractivity (Wildman–Crippen MR) is 90.0 cm³/mol. The van der Waals surface area contributed by atoms with E-state index in [0.29, 0.717) is 27.5 Å². The van der Waals surface area contributed by atoms with Gasteiger partial charge in [0.15, 0.2) is 0 Å². The summed E-state index contributed by atoms with van der Waals surface area (Å²) in [4.78, 5) is 11.1. The molecular weight excluding hydrogens is 331 g/mol. The minimum Gasteiger partial charge on any atom is -0.496 e. The van der Waals surface area contributed by atoms with Crippen LogP contribution in [0.5, 0.6) is 5.75 Å². The third-order valence-electron chi connectivity index (χ3n) is 3.42. The van der Waals surface area contributed by atoms with E-state index in [9.17, 15) is 9.18 Å². The Morgan fingerprint density at radius 2 is 2.12 bits per heavy atom. The molecule has 0 unspecified atom stereocenters. The van der Waals surface area contributed by atoms with E-state index in [2.05, 4.69) is 0 Å². The molecule has 0 aromatic heterocycles. The van der Waals surface area contributed by atoms with E-state index in [1.54, 1.807) is 36.4 Å². The molecule has 0 saturated heterocycles. The van der Waals surface area contributed by atoms with Gasteiger partial charge in [-0.25, -0.2) is 4.39 Å². The smallest absolute Gasteiger partial charge is 0.259 e. The molecule has 0 saturated carbocycles. The Kier molecular flexibility index (Phi) is 5.56. The Balaban J connectivity index is 2.47. The van der Waals surface area contributed by atoms with Gasteiger partial charge in [-0.05, 0) is 35.4 Å². The lowest BCUT2D eigenvalue weighted by atomic mass is 10.0. The van der Waals surface area contributed by atoms with Crippen LogP contribution in [0.2, 0.25) is 5.02 Å². The maximum Gasteiger partial charge on any atom is 0.259 e. The van der Waals surface area contributed by atoms with E-state index in [4.69, 9.17) is 27.3 Å². The number of nitrogens with two attached hydrogens (primary N) is 1. The molecule has 4 nitrogen and oxygen atoms in total. The fourth-order valence-electron chi connectivity index (χ4n) is 2.23. The second kappa shape index (κ2) is 7.62. The summed E-state index contributed by atoms with van der Waals surface area (Å²) >= 11 is 6.29. The third-order valence-corrected chi connectivity index (χ3v) is 3.76. The van der Waals surface area contributed by atoms with E-state index in [-0.39, 0.29) is 17.8 Å². The molecule has 0 aliphatic carbocycles. The molecular formula is C18H14ClFN2O2. The lowest BCUT2D eigenvalue weighted by molar-refractivity contribution is -0.114. The Morgan fingerprint density at radius 3 is 2.71 bits per heavy atom. The second-order valence-electron chi connectivity index (χ2n) is 4.99. The van der Waals surface area contributed by atoms with Crippen molar-refractivity contribution in [2.75, 3.05) is 7.11 Å². The molecule has 0 bridgehead atoms. The van der Waals surface area contributed by atoms with Crippen LogP contribution in [0.4, 0.5) is 4.39 Å². The van der Waals surface area contributed by atoms with Crippen LogP contribution < -0.4 is 10.5 Å². The van der Waals surface area contributed by atoms with Gasteiger partial charge in [0, 0.05) is 17.0 Å². The average molecular weight is 345 g/mol. The minimum atomic E-state index is -0.831. The van der Waals surface area contributed by atoms with Gasteiger partial charge in [0.1, 0.15) is 23.2 Å². The normalized spacial score (nSPS) is 11.0. The van der Waals surface area contributed by atoms with Gasteiger partial charge in [0.05, 0.1) is 7.11 Å². The molecule has 24 heavy (non-hydrogen) atoms. The highest BCUT2D eigenvalue weighted by Crippen LogP contribution is 2.32. The van der Waals surface area contributed by atoms with Gasteiger partial charge in [-0.3, -0.25) is 4.79 Å². The molecule has 122 valence electrons. The summed E-state index contributed by atoms with van der Waals surface area (Å²) in [6.07, 6.45) is 1.57. The summed E-state index contributed by atoms with van der Waals surface area (Å²) < 4.78 is 19.2. The van der Waals surface area contributed by atoms with E-state index >= 15 is 0 Å². The fraction of sp³-hybridized carbons (Fsp3) is 0.111. The fourth-order valence-corrected chi connectivity index (χ4v) is 2.51. The van der Waals surface area contributed by atoms with Crippen molar-refractivity contribution in [3.8, 4) is 11.8 Å². The highest BCUT2D eigenvalue weighted by Gasteiger charge is 2.14. The first kappa shape index (κ1) is 17.5. The number of methoxy groups -OCH3 is 1. The van der Waals surface area contributed by atoms with Gasteiger partial charge >= 0.3 is 0 Å². The Morgan fingerprint density at radius 1 is 1.42 bits per heavy atom. The van der Waals surface area contributed by atoms with Gasteiger partial charge in [0.25, 0.3) is 5.91 Å². The van der Waals surface area contributed by atoms with Crippen LogP contribution in [-0.2, 0) is 11.2 Å². The predicted octanol–water partition coefficient (Wildman–Crippen LogP) is 3.47. The van der Waals surface area contributed by atoms with Crippen molar-refractivity contribution in [3.05, 3.63) is 69.5 Å². The number of ether oxygens (including phenoxy) is 1. The zero-order valence-corrected chi connectivity index (χ0v) is 13.6. The number of halogens is 2. The van der Waals surface area contributed by atoms with Crippen LogP contribution in [0, 0.1) is 17.1 Å². The largest absolute Gasteiger partial charge is 0.496 e. The molecule has 0 fully saturated rings. The molecule has 0 aliphatic rings. The number of carbonyl (C=O) groups excluding carboxylic acids is 1. The molecule has 0 heterocycles. The van der Waals surface area contributed by atoms with Crippen LogP contribution in [0.15, 0.2) is 42.0 Å². The number of amides is 1. The molecule has 0 atom stereocenters. The van der Waals surface area contributed by atoms with Crippen molar-refractivity contribution in [2.24, 2.45) is 5.73 Å². The standard InChI is InChI=1S/C18H14ClFN2O2/c1-24-17-8-11(6-13(10-21)18(22)23)7-15(19)14(17)9-12-4-2-3-5-16(12)20/h2-8H,9H2,1H3,(H2,22,23)/b13-6+. The molecule has 0 spiro atoms. The van der Waals surface area contributed by atoms with Gasteiger partial charge in [-0.1, -0.05) is 29.8 Å². The number of primary amides is 1. The number of carbonyl (C=O) groups is 1. The molecule has 0 radical (unpaired) electrons. The maximum absolute atomic E-state index is 13.8. The zero-order valence-electron chi connectivity index (χ0n) is 12.8. The van der Waals surface area contributed by atoms with Gasteiger partial charge in [-0.2, -0.15) is 5.26 Å². The van der Waals surface area contributed by atoms with Crippen LogP contribution >= 0.6 is 11.6 Å². The van der Waals surface area contributed by atoms with Crippen LogP contribution in [0.3, 0.4) is 0 Å². The summed E-state index contributed by atoms with van der Waals surface area (Å²) in [5, 5.41) is 9.25. The summed E-state index contributed by atoms with van der Waals surface area (Å²) in [7, 11) is 1.46. The van der Waals surface area contributed by atoms with Crippen LogP contribution in [0.1, 0.15) is 16.7 Å². The third kappa shape index (κ3) is 3.92. The first-order chi connectivity index (χ1) is 11.5. The first-order valence-electron chi connectivity index (χ1n) is 6.97. The molecule has 1 amide bonds. The Hall–Kier alpha value is -2.84. The van der Waals surface area contributed by atoms with Gasteiger partial charge in [0.2, 0.25) is 0 Å². The van der Waals surface area contributed by atoms with Gasteiger partial charge in [-0.15, -0.1) is 0 Å². The SMILES string of the molecule is COc1cc(/C=C(\C#N)C(N)=O)cc(Cl)c1Cc1ccccc1F. The quantitative estimate of drug-likeness (QED) is 0.666. The Labute approximate surface area is 143 Å². The highest BCUT2D eigenvalue weighted by atomic mass is 35.5. The summed E-state index contributed by atoms with van der Waals surface area (Å²) in [6.45, 7) is 0. The lowest BCUT2D eigenvalue weighted by Gasteiger charge is -2.12. The molecule has 2 N–H and O–H groups in total. The average Bonchev–Trinajstić information content (AvgIpc) is 2.56. The van der Waals surface area contributed by atoms with Crippen molar-refractivity contribution in [1.82, 2.24) is 0 Å². The topological polar surface area (TPSA) is 76.1 Å². The number of hydrogen-bond donors (Lipinski definition) is 1. The summed E-state index contributed by atoms with van der Waals surface area (Å²) in [5.41, 5.74) is 6.50. The highest BCUT2D eigenvalue weighted by molar-refractivity contribution is 6.31. The Bertz CT molecular complexity index is 857. The van der Waals surface area contributed by atoms with E-state index in [1.165, 1.54) is 19.3 Å². The minimum absolute atomic E-state index is 0.199.